The Morgan fingerprint density at radius 1 is 0.389 bits per heavy atom. The van der Waals surface area contributed by atoms with Crippen molar-refractivity contribution in [3.63, 3.8) is 0 Å². The summed E-state index contributed by atoms with van der Waals surface area (Å²) < 4.78 is 2.41. The summed E-state index contributed by atoms with van der Waals surface area (Å²) in [6.07, 6.45) is 1.89. The van der Waals surface area contributed by atoms with Crippen molar-refractivity contribution in [1.29, 1.82) is 0 Å². The number of thiophene rings is 1. The van der Waals surface area contributed by atoms with Crippen molar-refractivity contribution in [3.8, 4) is 22.3 Å². The Bertz CT molecular complexity index is 3050. The van der Waals surface area contributed by atoms with E-state index < -0.39 is 0 Å². The SMILES string of the molecule is c1ccc2c(c1)cc(-c1ccc(N(c3ccc(-c4cc5ccccc5c5ccccc45)cc3)c3cccc4c3sc3cccnc34)cc1)c1ccccc12. The quantitative estimate of drug-likeness (QED) is 0.166. The van der Waals surface area contributed by atoms with Crippen LogP contribution in [0.25, 0.3) is 85.6 Å². The number of hydrogen-bond acceptors (Lipinski definition) is 3. The molecule has 11 aromatic rings. The smallest absolute Gasteiger partial charge is 0.0889 e. The van der Waals surface area contributed by atoms with Crippen molar-refractivity contribution in [2.24, 2.45) is 0 Å². The third-order valence-corrected chi connectivity index (χ3v) is 12.1. The van der Waals surface area contributed by atoms with E-state index in [1.807, 2.05) is 12.3 Å². The van der Waals surface area contributed by atoms with Gasteiger partial charge in [0.2, 0.25) is 0 Å². The first-order valence-corrected chi connectivity index (χ1v) is 19.2. The Morgan fingerprint density at radius 2 is 0.870 bits per heavy atom. The monoisotopic (exact) mass is 704 g/mol. The minimum absolute atomic E-state index is 1.05. The summed E-state index contributed by atoms with van der Waals surface area (Å²) in [5.74, 6) is 0. The van der Waals surface area contributed by atoms with Crippen molar-refractivity contribution in [2.45, 2.75) is 0 Å². The van der Waals surface area contributed by atoms with Crippen molar-refractivity contribution in [1.82, 2.24) is 4.98 Å². The van der Waals surface area contributed by atoms with Gasteiger partial charge >= 0.3 is 0 Å². The molecule has 2 nitrogen and oxygen atoms in total. The molecule has 0 N–H and O–H groups in total. The maximum atomic E-state index is 4.79. The first-order chi connectivity index (χ1) is 26.8. The largest absolute Gasteiger partial charge is 0.309 e. The number of fused-ring (bicyclic) bond motifs is 9. The van der Waals surface area contributed by atoms with Crippen molar-refractivity contribution >= 4 is 91.8 Å². The van der Waals surface area contributed by atoms with Crippen molar-refractivity contribution in [2.75, 3.05) is 4.90 Å². The number of rotatable bonds is 5. The molecule has 0 spiro atoms. The Morgan fingerprint density at radius 3 is 1.43 bits per heavy atom. The van der Waals surface area contributed by atoms with Crippen LogP contribution in [0, 0.1) is 0 Å². The highest BCUT2D eigenvalue weighted by atomic mass is 32.1. The summed E-state index contributed by atoms with van der Waals surface area (Å²) in [5, 5.41) is 11.3. The van der Waals surface area contributed by atoms with Crippen LogP contribution in [0.3, 0.4) is 0 Å². The van der Waals surface area contributed by atoms with Crippen molar-refractivity contribution < 1.29 is 0 Å². The second-order valence-corrected chi connectivity index (χ2v) is 15.0. The van der Waals surface area contributed by atoms with Gasteiger partial charge in [-0.1, -0.05) is 133 Å². The standard InChI is InChI=1S/C51H32N2S/c1-3-13-39-35(11-1)31-46(43-17-7-5-15-41(39)43)33-22-26-37(27-23-33)53(48-20-9-19-45-50-49(54-51(45)48)21-10-30-52-50)38-28-24-34(25-29-38)47-32-36-12-2-4-14-40(36)42-16-6-8-18-44(42)47/h1-32H. The van der Waals surface area contributed by atoms with Crippen LogP contribution >= 0.6 is 11.3 Å². The fourth-order valence-electron chi connectivity index (χ4n) is 8.37. The molecular weight excluding hydrogens is 673 g/mol. The van der Waals surface area contributed by atoms with Crippen LogP contribution in [-0.4, -0.2) is 4.98 Å². The minimum Gasteiger partial charge on any atom is -0.309 e. The Kier molecular flexibility index (Phi) is 7.07. The molecule has 3 heteroatoms. The lowest BCUT2D eigenvalue weighted by molar-refractivity contribution is 1.30. The summed E-state index contributed by atoms with van der Waals surface area (Å²) in [6.45, 7) is 0. The predicted octanol–water partition coefficient (Wildman–Crippen LogP) is 14.9. The molecular formula is C51H32N2S. The summed E-state index contributed by atoms with van der Waals surface area (Å²) in [7, 11) is 0. The van der Waals surface area contributed by atoms with Gasteiger partial charge in [0.25, 0.3) is 0 Å². The van der Waals surface area contributed by atoms with E-state index in [9.17, 15) is 0 Å². The average molecular weight is 705 g/mol. The van der Waals surface area contributed by atoms with E-state index in [2.05, 4.69) is 187 Å². The Balaban J connectivity index is 1.08. The number of pyridine rings is 1. The molecule has 0 aliphatic heterocycles. The molecule has 54 heavy (non-hydrogen) atoms. The van der Waals surface area contributed by atoms with Crippen LogP contribution in [0.1, 0.15) is 0 Å². The molecule has 252 valence electrons. The molecule has 0 radical (unpaired) electrons. The predicted molar refractivity (Wildman–Crippen MR) is 233 cm³/mol. The van der Waals surface area contributed by atoms with Crippen molar-refractivity contribution in [3.05, 3.63) is 194 Å². The molecule has 0 aliphatic carbocycles. The van der Waals surface area contributed by atoms with E-state index in [4.69, 9.17) is 4.98 Å². The van der Waals surface area contributed by atoms with E-state index >= 15 is 0 Å². The molecule has 0 fully saturated rings. The van der Waals surface area contributed by atoms with Gasteiger partial charge in [0.15, 0.2) is 0 Å². The second-order valence-electron chi connectivity index (χ2n) is 13.9. The molecule has 0 atom stereocenters. The van der Waals surface area contributed by atoms with E-state index in [1.54, 1.807) is 11.3 Å². The number of benzene rings is 9. The zero-order chi connectivity index (χ0) is 35.6. The first kappa shape index (κ1) is 30.8. The molecule has 0 bridgehead atoms. The van der Waals surface area contributed by atoms with Gasteiger partial charge in [-0.25, -0.2) is 0 Å². The number of hydrogen-bond donors (Lipinski definition) is 0. The van der Waals surface area contributed by atoms with Crippen LogP contribution < -0.4 is 4.90 Å². The van der Waals surface area contributed by atoms with Gasteiger partial charge in [-0.05, 0) is 120 Å². The molecule has 0 unspecified atom stereocenters. The molecule has 9 aromatic carbocycles. The maximum Gasteiger partial charge on any atom is 0.0889 e. The van der Waals surface area contributed by atoms with Gasteiger partial charge in [0, 0.05) is 23.0 Å². The highest BCUT2D eigenvalue weighted by Crippen LogP contribution is 2.45. The van der Waals surface area contributed by atoms with E-state index in [-0.39, 0.29) is 0 Å². The maximum absolute atomic E-state index is 4.79. The first-order valence-electron chi connectivity index (χ1n) is 18.4. The van der Waals surface area contributed by atoms with Crippen LogP contribution in [0.4, 0.5) is 17.1 Å². The van der Waals surface area contributed by atoms with E-state index in [0.717, 1.165) is 22.6 Å². The molecule has 0 amide bonds. The molecule has 2 heterocycles. The average Bonchev–Trinajstić information content (AvgIpc) is 3.63. The van der Waals surface area contributed by atoms with Crippen LogP contribution in [-0.2, 0) is 0 Å². The van der Waals surface area contributed by atoms with Gasteiger partial charge < -0.3 is 4.90 Å². The topological polar surface area (TPSA) is 16.1 Å². The van der Waals surface area contributed by atoms with Gasteiger partial charge in [0.05, 0.1) is 20.6 Å². The van der Waals surface area contributed by atoms with Gasteiger partial charge in [0.1, 0.15) is 0 Å². The van der Waals surface area contributed by atoms with Gasteiger partial charge in [-0.3, -0.25) is 4.98 Å². The lowest BCUT2D eigenvalue weighted by Crippen LogP contribution is -2.10. The molecule has 2 aromatic heterocycles. The minimum atomic E-state index is 1.05. The third kappa shape index (κ3) is 4.90. The molecule has 0 aliphatic rings. The fourth-order valence-corrected chi connectivity index (χ4v) is 9.54. The summed E-state index contributed by atoms with van der Waals surface area (Å²) >= 11 is 1.81. The van der Waals surface area contributed by atoms with Gasteiger partial charge in [-0.2, -0.15) is 0 Å². The zero-order valence-corrected chi connectivity index (χ0v) is 30.1. The summed E-state index contributed by atoms with van der Waals surface area (Å²) in [5.41, 5.74) is 9.28. The van der Waals surface area contributed by atoms with Crippen LogP contribution in [0.5, 0.6) is 0 Å². The molecule has 11 rings (SSSR count). The summed E-state index contributed by atoms with van der Waals surface area (Å²) in [4.78, 5) is 7.20. The number of nitrogens with zero attached hydrogens (tertiary/aromatic N) is 2. The fraction of sp³-hybridized carbons (Fsp3) is 0. The number of anilines is 3. The van der Waals surface area contributed by atoms with E-state index in [0.29, 0.717) is 0 Å². The second kappa shape index (κ2) is 12.4. The third-order valence-electron chi connectivity index (χ3n) is 10.9. The lowest BCUT2D eigenvalue weighted by Gasteiger charge is -2.26. The summed E-state index contributed by atoms with van der Waals surface area (Å²) in [6, 6.07) is 68.6. The van der Waals surface area contributed by atoms with Gasteiger partial charge in [-0.15, -0.1) is 11.3 Å². The zero-order valence-electron chi connectivity index (χ0n) is 29.3. The molecule has 0 saturated heterocycles. The lowest BCUT2D eigenvalue weighted by atomic mass is 9.93. The highest BCUT2D eigenvalue weighted by molar-refractivity contribution is 7.26. The van der Waals surface area contributed by atoms with E-state index in [1.165, 1.54) is 80.1 Å². The highest BCUT2D eigenvalue weighted by Gasteiger charge is 2.19. The normalized spacial score (nSPS) is 11.7. The van der Waals surface area contributed by atoms with Crippen LogP contribution in [0.2, 0.25) is 0 Å². The Hall–Kier alpha value is -6.81. The van der Waals surface area contributed by atoms with Crippen LogP contribution in [0.15, 0.2) is 194 Å². The molecule has 0 saturated carbocycles. The number of aromatic nitrogens is 1. The Labute approximate surface area is 316 Å².